The molecule has 0 N–H and O–H groups in total. The average Bonchev–Trinajstić information content (AvgIpc) is 2.81. The van der Waals surface area contributed by atoms with Crippen molar-refractivity contribution >= 4 is 7.92 Å². The van der Waals surface area contributed by atoms with Crippen molar-refractivity contribution in [1.29, 1.82) is 0 Å². The molecule has 0 radical (unpaired) electrons. The standard InChI is InChI=1S/C18H33P.C9H4F3.Au/c1-4-10-16(11-5-1)19(17-12-6-2-7-13-17)18-14-8-3-9-15-18;1-2-7-3-5-8(6-4-7)9(10,11)12;/h16-18H,1-15H2;3-6H;/q;-1;+1/p+1. The van der Waals surface area contributed by atoms with E-state index < -0.39 is 11.7 Å². The van der Waals surface area contributed by atoms with Crippen LogP contribution in [0.25, 0.3) is 0 Å². The first-order chi connectivity index (χ1) is 15.0. The van der Waals surface area contributed by atoms with Crippen LogP contribution < -0.4 is 0 Å². The smallest absolute Gasteiger partial charge is 0.366 e. The third kappa shape index (κ3) is 8.51. The Balaban J connectivity index is 0.000000244. The zero-order valence-electron chi connectivity index (χ0n) is 19.1. The summed E-state index contributed by atoms with van der Waals surface area (Å²) >= 11 is 0. The quantitative estimate of drug-likeness (QED) is 0.133. The Hall–Kier alpha value is -0.260. The summed E-state index contributed by atoms with van der Waals surface area (Å²) in [5.74, 6) is 1.99. The van der Waals surface area contributed by atoms with Gasteiger partial charge in [0.05, 0.1) is 22.5 Å². The Morgan fingerprint density at radius 1 is 0.656 bits per heavy atom. The largest absolute Gasteiger partial charge is 1.00 e. The molecule has 0 bridgehead atoms. The SMILES string of the molecule is C1CCC([PH+](C2CCCCC2)C2CCCCC2)CC1.[Au+].[C-]#Cc1ccc(C(F)(F)F)cc1. The number of hydrogen-bond donors (Lipinski definition) is 0. The van der Waals surface area contributed by atoms with Crippen molar-refractivity contribution in [1.82, 2.24) is 0 Å². The van der Waals surface area contributed by atoms with E-state index in [0.29, 0.717) is 5.56 Å². The maximum absolute atomic E-state index is 12.0. The first kappa shape index (κ1) is 28.0. The Kier molecular flexibility index (Phi) is 12.4. The molecule has 0 heterocycles. The summed E-state index contributed by atoms with van der Waals surface area (Å²) in [7, 11) is -0.0465. The molecular formula is C27H38AuF3P+. The van der Waals surface area contributed by atoms with Crippen LogP contribution in [0, 0.1) is 12.3 Å². The predicted octanol–water partition coefficient (Wildman–Crippen LogP) is 8.84. The summed E-state index contributed by atoms with van der Waals surface area (Å²) < 4.78 is 35.9. The van der Waals surface area contributed by atoms with Crippen LogP contribution in [-0.4, -0.2) is 17.0 Å². The number of hydrogen-bond acceptors (Lipinski definition) is 0. The summed E-state index contributed by atoms with van der Waals surface area (Å²) in [6.07, 6.45) is 26.1. The molecule has 1 aromatic rings. The van der Waals surface area contributed by atoms with E-state index in [1.54, 1.807) is 96.3 Å². The van der Waals surface area contributed by atoms with Crippen LogP contribution in [0.3, 0.4) is 0 Å². The minimum atomic E-state index is -4.31. The molecule has 0 saturated heterocycles. The molecule has 0 aromatic heterocycles. The minimum Gasteiger partial charge on any atom is -0.366 e. The summed E-state index contributed by atoms with van der Waals surface area (Å²) in [5.41, 5.74) is 3.31. The monoisotopic (exact) mass is 647 g/mol. The number of benzene rings is 1. The molecule has 3 saturated carbocycles. The third-order valence-corrected chi connectivity index (χ3v) is 12.1. The number of alkyl halides is 3. The van der Waals surface area contributed by atoms with Crippen LogP contribution in [-0.2, 0) is 28.6 Å². The number of halogens is 3. The second-order valence-corrected chi connectivity index (χ2v) is 13.2. The fraction of sp³-hybridized carbons (Fsp3) is 0.704. The average molecular weight is 648 g/mol. The van der Waals surface area contributed by atoms with Gasteiger partial charge in [0, 0.05) is 7.92 Å². The van der Waals surface area contributed by atoms with E-state index in [1.807, 2.05) is 5.92 Å². The van der Waals surface area contributed by atoms with Gasteiger partial charge in [-0.3, -0.25) is 5.92 Å². The van der Waals surface area contributed by atoms with Gasteiger partial charge in [-0.05, 0) is 77.0 Å². The molecule has 32 heavy (non-hydrogen) atoms. The van der Waals surface area contributed by atoms with Crippen LogP contribution >= 0.6 is 7.92 Å². The van der Waals surface area contributed by atoms with E-state index in [4.69, 9.17) is 6.42 Å². The Bertz CT molecular complexity index is 634. The topological polar surface area (TPSA) is 0 Å². The van der Waals surface area contributed by atoms with Crippen molar-refractivity contribution in [3.05, 3.63) is 41.8 Å². The van der Waals surface area contributed by atoms with Crippen molar-refractivity contribution in [3.63, 3.8) is 0 Å². The predicted molar refractivity (Wildman–Crippen MR) is 127 cm³/mol. The van der Waals surface area contributed by atoms with Crippen LogP contribution in [0.2, 0.25) is 0 Å². The van der Waals surface area contributed by atoms with Gasteiger partial charge in [0.1, 0.15) is 0 Å². The van der Waals surface area contributed by atoms with Crippen LogP contribution in [0.4, 0.5) is 13.2 Å². The second kappa shape index (κ2) is 14.2. The molecule has 0 unspecified atom stereocenters. The van der Waals surface area contributed by atoms with E-state index in [9.17, 15) is 13.2 Å². The Labute approximate surface area is 210 Å². The van der Waals surface area contributed by atoms with Gasteiger partial charge < -0.3 is 6.42 Å². The first-order valence-electron chi connectivity index (χ1n) is 12.5. The molecule has 3 aliphatic rings. The molecule has 0 aliphatic heterocycles. The molecule has 5 heteroatoms. The summed E-state index contributed by atoms with van der Waals surface area (Å²) in [6.45, 7) is 0. The normalized spacial score (nSPS) is 21.2. The van der Waals surface area contributed by atoms with E-state index in [2.05, 4.69) is 0 Å². The van der Waals surface area contributed by atoms with Crippen molar-refractivity contribution in [3.8, 4) is 5.92 Å². The second-order valence-electron chi connectivity index (χ2n) is 9.70. The fourth-order valence-electron chi connectivity index (χ4n) is 6.05. The molecule has 4 rings (SSSR count). The summed E-state index contributed by atoms with van der Waals surface area (Å²) in [5, 5.41) is 0. The summed E-state index contributed by atoms with van der Waals surface area (Å²) in [4.78, 5) is 0. The van der Waals surface area contributed by atoms with E-state index in [-0.39, 0.29) is 30.3 Å². The van der Waals surface area contributed by atoms with Gasteiger partial charge in [-0.2, -0.15) is 13.2 Å². The van der Waals surface area contributed by atoms with Gasteiger partial charge in [0.15, 0.2) is 0 Å². The molecule has 182 valence electrons. The van der Waals surface area contributed by atoms with Gasteiger partial charge >= 0.3 is 28.6 Å². The van der Waals surface area contributed by atoms with Gasteiger partial charge in [-0.25, -0.2) is 0 Å². The Morgan fingerprint density at radius 2 is 1.00 bits per heavy atom. The molecular weight excluding hydrogens is 609 g/mol. The molecule has 3 aliphatic carbocycles. The number of rotatable bonds is 3. The van der Waals surface area contributed by atoms with Crippen LogP contribution in [0.15, 0.2) is 24.3 Å². The molecule has 0 nitrogen and oxygen atoms in total. The molecule has 0 atom stereocenters. The van der Waals surface area contributed by atoms with Crippen LogP contribution in [0.5, 0.6) is 0 Å². The summed E-state index contributed by atoms with van der Waals surface area (Å²) in [6, 6.07) is 4.26. The van der Waals surface area contributed by atoms with E-state index in [0.717, 1.165) is 12.1 Å². The van der Waals surface area contributed by atoms with E-state index in [1.165, 1.54) is 29.1 Å². The van der Waals surface area contributed by atoms with Crippen molar-refractivity contribution in [2.75, 3.05) is 0 Å². The fourth-order valence-corrected chi connectivity index (χ4v) is 11.3. The van der Waals surface area contributed by atoms with Crippen molar-refractivity contribution < 1.29 is 35.6 Å². The van der Waals surface area contributed by atoms with Crippen LogP contribution in [0.1, 0.15) is 107 Å². The van der Waals surface area contributed by atoms with E-state index >= 15 is 0 Å². The molecule has 0 spiro atoms. The van der Waals surface area contributed by atoms with Crippen molar-refractivity contribution in [2.24, 2.45) is 0 Å². The van der Waals surface area contributed by atoms with Gasteiger partial charge in [0.25, 0.3) is 0 Å². The minimum absolute atomic E-state index is 0. The maximum Gasteiger partial charge on any atom is 1.00 e. The first-order valence-corrected chi connectivity index (χ1v) is 14.2. The van der Waals surface area contributed by atoms with Gasteiger partial charge in [0.2, 0.25) is 0 Å². The maximum atomic E-state index is 12.0. The van der Waals surface area contributed by atoms with Gasteiger partial charge in [-0.1, -0.05) is 31.4 Å². The van der Waals surface area contributed by atoms with Gasteiger partial charge in [-0.15, -0.1) is 17.7 Å². The molecule has 1 aromatic carbocycles. The molecule has 0 amide bonds. The zero-order chi connectivity index (χ0) is 22.1. The Morgan fingerprint density at radius 3 is 1.28 bits per heavy atom. The third-order valence-electron chi connectivity index (χ3n) is 7.59. The molecule has 3 fully saturated rings. The zero-order valence-corrected chi connectivity index (χ0v) is 22.2. The van der Waals surface area contributed by atoms with Crippen molar-refractivity contribution in [2.45, 2.75) is 119 Å².